The van der Waals surface area contributed by atoms with Crippen LogP contribution in [0, 0.1) is 0 Å². The fourth-order valence-electron chi connectivity index (χ4n) is 4.88. The van der Waals surface area contributed by atoms with E-state index in [4.69, 9.17) is 4.98 Å². The topological polar surface area (TPSA) is 30.7 Å². The fraction of sp³-hybridized carbons (Fsp3) is 0.154. The van der Waals surface area contributed by atoms with Crippen LogP contribution in [0.1, 0.15) is 40.3 Å². The van der Waals surface area contributed by atoms with Gasteiger partial charge in [0.1, 0.15) is 0 Å². The van der Waals surface area contributed by atoms with Gasteiger partial charge in [-0.2, -0.15) is 5.10 Å². The van der Waals surface area contributed by atoms with E-state index in [2.05, 4.69) is 65.8 Å². The summed E-state index contributed by atoms with van der Waals surface area (Å²) in [4.78, 5) is 5.01. The van der Waals surface area contributed by atoms with E-state index in [-0.39, 0.29) is 5.92 Å². The molecular weight excluding hydrogens is 354 g/mol. The Labute approximate surface area is 170 Å². The van der Waals surface area contributed by atoms with Gasteiger partial charge in [0.25, 0.3) is 0 Å². The van der Waals surface area contributed by atoms with Crippen LogP contribution in [0.5, 0.6) is 0 Å². The van der Waals surface area contributed by atoms with Gasteiger partial charge in [-0.05, 0) is 70.8 Å². The van der Waals surface area contributed by atoms with E-state index in [1.165, 1.54) is 33.4 Å². The molecule has 3 heteroatoms. The molecule has 0 aliphatic heterocycles. The van der Waals surface area contributed by atoms with Crippen molar-refractivity contribution in [1.29, 1.82) is 0 Å². The van der Waals surface area contributed by atoms with Crippen LogP contribution >= 0.6 is 0 Å². The molecule has 2 aliphatic rings. The van der Waals surface area contributed by atoms with Crippen molar-refractivity contribution in [3.8, 4) is 16.9 Å². The average molecular weight is 375 g/mol. The Hall–Kier alpha value is -3.46. The monoisotopic (exact) mass is 375 g/mol. The molecule has 3 nitrogen and oxygen atoms in total. The van der Waals surface area contributed by atoms with Crippen molar-refractivity contribution < 1.29 is 0 Å². The minimum absolute atomic E-state index is 0.256. The Morgan fingerprint density at radius 3 is 2.76 bits per heavy atom. The van der Waals surface area contributed by atoms with E-state index in [0.717, 1.165) is 30.8 Å². The van der Waals surface area contributed by atoms with Crippen molar-refractivity contribution in [2.45, 2.75) is 25.2 Å². The number of allylic oxidation sites excluding steroid dienone is 1. The number of pyridine rings is 1. The van der Waals surface area contributed by atoms with Crippen LogP contribution in [0.15, 0.2) is 79.1 Å². The molecule has 0 fully saturated rings. The van der Waals surface area contributed by atoms with Crippen molar-refractivity contribution in [3.63, 3.8) is 0 Å². The summed E-state index contributed by atoms with van der Waals surface area (Å²) in [5, 5.41) is 4.36. The second-order valence-corrected chi connectivity index (χ2v) is 7.82. The standard InChI is InChI=1S/C26H21N3/c1-2-8-19-18(7-1)13-14-22-20-9-3-4-10-21(20)24(17-23(19)22)25-11-5-12-26(28-25)29-16-6-15-27-29/h1,3-7,9-16,24H,2,8,17H2. The zero-order chi connectivity index (χ0) is 19.2. The molecular formula is C26H21N3. The highest BCUT2D eigenvalue weighted by molar-refractivity contribution is 5.78. The maximum Gasteiger partial charge on any atom is 0.153 e. The second kappa shape index (κ2) is 6.56. The molecule has 2 aliphatic carbocycles. The van der Waals surface area contributed by atoms with Gasteiger partial charge in [0.15, 0.2) is 5.82 Å². The van der Waals surface area contributed by atoms with E-state index in [0.29, 0.717) is 0 Å². The lowest BCUT2D eigenvalue weighted by atomic mass is 9.74. The summed E-state index contributed by atoms with van der Waals surface area (Å²) in [5.41, 5.74) is 9.63. The van der Waals surface area contributed by atoms with Gasteiger partial charge < -0.3 is 0 Å². The second-order valence-electron chi connectivity index (χ2n) is 7.82. The Balaban J connectivity index is 1.53. The van der Waals surface area contributed by atoms with Gasteiger partial charge in [0.05, 0.1) is 5.69 Å². The summed E-state index contributed by atoms with van der Waals surface area (Å²) in [5.74, 6) is 1.13. The number of rotatable bonds is 2. The van der Waals surface area contributed by atoms with Crippen molar-refractivity contribution in [1.82, 2.24) is 14.8 Å². The van der Waals surface area contributed by atoms with Gasteiger partial charge in [-0.1, -0.05) is 54.6 Å². The summed E-state index contributed by atoms with van der Waals surface area (Å²) < 4.78 is 1.83. The summed E-state index contributed by atoms with van der Waals surface area (Å²) in [6.45, 7) is 0. The van der Waals surface area contributed by atoms with E-state index in [1.54, 1.807) is 6.20 Å². The van der Waals surface area contributed by atoms with Crippen LogP contribution in [0.25, 0.3) is 23.0 Å². The third-order valence-electron chi connectivity index (χ3n) is 6.21. The fourth-order valence-corrected chi connectivity index (χ4v) is 4.88. The maximum absolute atomic E-state index is 5.01. The first-order valence-electron chi connectivity index (χ1n) is 10.3. The maximum atomic E-state index is 5.01. The lowest BCUT2D eigenvalue weighted by Gasteiger charge is -2.31. The Morgan fingerprint density at radius 1 is 0.862 bits per heavy atom. The smallest absolute Gasteiger partial charge is 0.153 e. The molecule has 4 aromatic rings. The highest BCUT2D eigenvalue weighted by Gasteiger charge is 2.29. The van der Waals surface area contributed by atoms with Crippen molar-refractivity contribution in [2.24, 2.45) is 0 Å². The van der Waals surface area contributed by atoms with Crippen LogP contribution in [-0.4, -0.2) is 14.8 Å². The molecule has 0 spiro atoms. The largest absolute Gasteiger partial charge is 0.233 e. The van der Waals surface area contributed by atoms with Crippen LogP contribution in [0.2, 0.25) is 0 Å². The Bertz CT molecular complexity index is 1230. The molecule has 0 amide bonds. The molecule has 29 heavy (non-hydrogen) atoms. The lowest BCUT2D eigenvalue weighted by Crippen LogP contribution is -2.17. The molecule has 0 saturated carbocycles. The van der Waals surface area contributed by atoms with Gasteiger partial charge in [-0.25, -0.2) is 9.67 Å². The first-order valence-corrected chi connectivity index (χ1v) is 10.3. The quantitative estimate of drug-likeness (QED) is 0.458. The van der Waals surface area contributed by atoms with E-state index < -0.39 is 0 Å². The van der Waals surface area contributed by atoms with Gasteiger partial charge >= 0.3 is 0 Å². The summed E-state index contributed by atoms with van der Waals surface area (Å²) >= 11 is 0. The third-order valence-corrected chi connectivity index (χ3v) is 6.21. The van der Waals surface area contributed by atoms with E-state index >= 15 is 0 Å². The summed E-state index contributed by atoms with van der Waals surface area (Å²) in [6, 6.07) is 21.6. The van der Waals surface area contributed by atoms with Crippen molar-refractivity contribution >= 4 is 6.08 Å². The van der Waals surface area contributed by atoms with Gasteiger partial charge in [-0.3, -0.25) is 0 Å². The normalized spacial score (nSPS) is 16.8. The number of hydrogen-bond acceptors (Lipinski definition) is 2. The summed E-state index contributed by atoms with van der Waals surface area (Å²) in [6.07, 6.45) is 11.6. The predicted molar refractivity (Wildman–Crippen MR) is 116 cm³/mol. The molecule has 0 bridgehead atoms. The lowest BCUT2D eigenvalue weighted by molar-refractivity contribution is 0.738. The minimum atomic E-state index is 0.256. The van der Waals surface area contributed by atoms with Crippen LogP contribution in [0.3, 0.4) is 0 Å². The zero-order valence-electron chi connectivity index (χ0n) is 16.1. The number of aromatic nitrogens is 3. The van der Waals surface area contributed by atoms with E-state index in [9.17, 15) is 0 Å². The van der Waals surface area contributed by atoms with Crippen LogP contribution < -0.4 is 0 Å². The average Bonchev–Trinajstić information content (AvgIpc) is 3.33. The number of benzene rings is 2. The number of nitrogens with zero attached hydrogens (tertiary/aromatic N) is 3. The molecule has 2 aromatic heterocycles. The molecule has 1 atom stereocenters. The first-order chi connectivity index (χ1) is 14.4. The highest BCUT2D eigenvalue weighted by atomic mass is 15.3. The van der Waals surface area contributed by atoms with Gasteiger partial charge in [0.2, 0.25) is 0 Å². The number of fused-ring (bicyclic) bond motifs is 5. The third kappa shape index (κ3) is 2.65. The molecule has 140 valence electrons. The van der Waals surface area contributed by atoms with E-state index in [1.807, 2.05) is 23.0 Å². The molecule has 2 heterocycles. The van der Waals surface area contributed by atoms with Crippen molar-refractivity contribution in [2.75, 3.05) is 0 Å². The van der Waals surface area contributed by atoms with Crippen LogP contribution in [0.4, 0.5) is 0 Å². The van der Waals surface area contributed by atoms with Crippen molar-refractivity contribution in [3.05, 3.63) is 107 Å². The summed E-state index contributed by atoms with van der Waals surface area (Å²) in [7, 11) is 0. The van der Waals surface area contributed by atoms with Gasteiger partial charge in [-0.15, -0.1) is 0 Å². The molecule has 0 saturated heterocycles. The molecule has 0 radical (unpaired) electrons. The molecule has 2 aromatic carbocycles. The molecule has 1 unspecified atom stereocenters. The predicted octanol–water partition coefficient (Wildman–Crippen LogP) is 5.58. The highest BCUT2D eigenvalue weighted by Crippen LogP contribution is 2.45. The first kappa shape index (κ1) is 16.5. The number of hydrogen-bond donors (Lipinski definition) is 0. The Kier molecular flexibility index (Phi) is 3.73. The minimum Gasteiger partial charge on any atom is -0.233 e. The van der Waals surface area contributed by atoms with Gasteiger partial charge in [0, 0.05) is 18.3 Å². The molecule has 6 rings (SSSR count). The molecule has 0 N–H and O–H groups in total. The Morgan fingerprint density at radius 2 is 1.83 bits per heavy atom. The van der Waals surface area contributed by atoms with Crippen LogP contribution in [-0.2, 0) is 12.8 Å². The SMILES string of the molecule is C1=Cc2ccc3c(c2CC1)CC(c1cccc(-n2cccn2)n1)c1ccccc1-3. The zero-order valence-corrected chi connectivity index (χ0v) is 16.1.